The van der Waals surface area contributed by atoms with Gasteiger partial charge >= 0.3 is 0 Å². The normalized spacial score (nSPS) is 58.0. The molecular weight excluding hydrogens is 868 g/mol. The predicted molar refractivity (Wildman–Crippen MR) is 226 cm³/mol. The Labute approximate surface area is 386 Å². The zero-order valence-electron chi connectivity index (χ0n) is 39.3. The van der Waals surface area contributed by atoms with Gasteiger partial charge < -0.3 is 94.4 Å². The van der Waals surface area contributed by atoms with Crippen LogP contribution in [0.5, 0.6) is 0 Å². The van der Waals surface area contributed by atoms with Crippen LogP contribution in [0.1, 0.15) is 106 Å². The molecule has 19 nitrogen and oxygen atoms in total. The Bertz CT molecular complexity index is 1760. The van der Waals surface area contributed by atoms with E-state index in [1.165, 1.54) is 0 Å². The lowest BCUT2D eigenvalue weighted by molar-refractivity contribution is -0.369. The second kappa shape index (κ2) is 16.9. The van der Waals surface area contributed by atoms with E-state index < -0.39 is 140 Å². The average molecular weight is 947 g/mol. The van der Waals surface area contributed by atoms with E-state index in [0.29, 0.717) is 38.5 Å². The molecule has 4 heterocycles. The first-order valence-electron chi connectivity index (χ1n) is 24.4. The van der Waals surface area contributed by atoms with Crippen LogP contribution in [0.2, 0.25) is 0 Å². The fourth-order valence-electron chi connectivity index (χ4n) is 16.3. The van der Waals surface area contributed by atoms with E-state index in [9.17, 15) is 61.3 Å². The van der Waals surface area contributed by atoms with Crippen molar-refractivity contribution in [2.24, 2.45) is 44.8 Å². The average Bonchev–Trinajstić information content (AvgIpc) is 3.62. The van der Waals surface area contributed by atoms with Crippen molar-refractivity contribution in [1.29, 1.82) is 0 Å². The zero-order valence-corrected chi connectivity index (χ0v) is 39.3. The maximum atomic E-state index is 12.3. The van der Waals surface area contributed by atoms with Gasteiger partial charge in [-0.3, -0.25) is 0 Å². The third-order valence-corrected chi connectivity index (χ3v) is 19.7. The molecule has 0 aromatic rings. The minimum absolute atomic E-state index is 0.0208. The van der Waals surface area contributed by atoms with E-state index in [0.717, 1.165) is 19.3 Å². The van der Waals surface area contributed by atoms with Gasteiger partial charge in [-0.2, -0.15) is 0 Å². The van der Waals surface area contributed by atoms with Crippen LogP contribution in [-0.2, 0) is 33.2 Å². The van der Waals surface area contributed by atoms with Crippen molar-refractivity contribution < 1.29 is 94.4 Å². The number of hydrogen-bond donors (Lipinski definition) is 12. The van der Waals surface area contributed by atoms with Gasteiger partial charge in [-0.25, -0.2) is 0 Å². The summed E-state index contributed by atoms with van der Waals surface area (Å²) in [6.07, 6.45) is -17.6. The predicted octanol–water partition coefficient (Wildman–Crippen LogP) is -1.45. The van der Waals surface area contributed by atoms with E-state index >= 15 is 0 Å². The standard InChI is InChI=1S/C47H78O19/c1-41(2)26(64-40-35(28(52)21(51)18-60-40)65-39-34(58)32(56)30(54)24(17-49)63-39)9-11-47-19-46(47)13-12-43(5)36(45(7)10-8-27(66-45)42(3,4)59)20(50)15-44(43,6)25(46)14-22(37(41)47)61-38-33(57)31(55)29(53)23(16-48)62-38/h20-40,48-59H,8-19H2,1-7H3/t20-,21+,22-,23+,24+,25?,26-,27-,28-,29+,30+,31-,32-,33+,34+,35+,36?,37?,38+,39-,40-,43+,44-,45+,46?,47?/m0/s1. The molecule has 0 aromatic carbocycles. The molecule has 9 rings (SSSR count). The van der Waals surface area contributed by atoms with Gasteiger partial charge in [0.25, 0.3) is 0 Å². The summed E-state index contributed by atoms with van der Waals surface area (Å²) in [4.78, 5) is 0. The molecule has 5 unspecified atom stereocenters. The Kier molecular flexibility index (Phi) is 12.9. The van der Waals surface area contributed by atoms with Gasteiger partial charge in [0.1, 0.15) is 67.1 Å². The van der Waals surface area contributed by atoms with Crippen molar-refractivity contribution in [2.45, 2.75) is 228 Å². The number of aliphatic hydroxyl groups is 12. The van der Waals surface area contributed by atoms with Crippen LogP contribution in [0.3, 0.4) is 0 Å². The largest absolute Gasteiger partial charge is 0.394 e. The molecule has 66 heavy (non-hydrogen) atoms. The Hall–Kier alpha value is -0.760. The fourth-order valence-corrected chi connectivity index (χ4v) is 16.3. The minimum atomic E-state index is -1.80. The highest BCUT2D eigenvalue weighted by Gasteiger charge is 2.85. The lowest BCUT2D eigenvalue weighted by Crippen LogP contribution is -2.66. The summed E-state index contributed by atoms with van der Waals surface area (Å²) in [5.74, 6) is -0.484. The van der Waals surface area contributed by atoms with Crippen molar-refractivity contribution in [2.75, 3.05) is 19.8 Å². The van der Waals surface area contributed by atoms with Crippen molar-refractivity contribution in [3.63, 3.8) is 0 Å². The number of ether oxygens (including phenoxy) is 7. The van der Waals surface area contributed by atoms with E-state index in [4.69, 9.17) is 33.2 Å². The monoisotopic (exact) mass is 947 g/mol. The Morgan fingerprint density at radius 2 is 1.21 bits per heavy atom. The highest BCUT2D eigenvalue weighted by molar-refractivity contribution is 5.33. The molecule has 26 atom stereocenters. The highest BCUT2D eigenvalue weighted by atomic mass is 16.8. The highest BCUT2D eigenvalue weighted by Crippen LogP contribution is 2.89. The molecule has 380 valence electrons. The molecule has 0 bridgehead atoms. The Morgan fingerprint density at radius 3 is 1.79 bits per heavy atom. The maximum Gasteiger partial charge on any atom is 0.187 e. The Morgan fingerprint density at radius 1 is 0.606 bits per heavy atom. The summed E-state index contributed by atoms with van der Waals surface area (Å²) in [5, 5.41) is 130. The molecule has 9 aliphatic rings. The summed E-state index contributed by atoms with van der Waals surface area (Å²) in [7, 11) is 0. The molecule has 19 heteroatoms. The van der Waals surface area contributed by atoms with Gasteiger partial charge in [-0.1, -0.05) is 27.7 Å². The second-order valence-electron chi connectivity index (χ2n) is 23.9. The maximum absolute atomic E-state index is 12.3. The smallest absolute Gasteiger partial charge is 0.187 e. The molecule has 12 N–H and O–H groups in total. The lowest BCUT2D eigenvalue weighted by atomic mass is 9.41. The van der Waals surface area contributed by atoms with Crippen molar-refractivity contribution in [3.05, 3.63) is 0 Å². The number of fused-ring (bicyclic) bond motifs is 2. The van der Waals surface area contributed by atoms with Gasteiger partial charge in [0.2, 0.25) is 0 Å². The summed E-state index contributed by atoms with van der Waals surface area (Å²) >= 11 is 0. The molecule has 5 aliphatic carbocycles. The molecular formula is C47H78O19. The molecule has 4 aliphatic heterocycles. The second-order valence-corrected chi connectivity index (χ2v) is 23.9. The third kappa shape index (κ3) is 7.30. The molecule has 0 aromatic heterocycles. The van der Waals surface area contributed by atoms with Crippen LogP contribution >= 0.6 is 0 Å². The Balaban J connectivity index is 1.04. The third-order valence-electron chi connectivity index (χ3n) is 19.7. The first kappa shape index (κ1) is 50.2. The van der Waals surface area contributed by atoms with Crippen LogP contribution in [0, 0.1) is 44.8 Å². The molecule has 9 fully saturated rings. The van der Waals surface area contributed by atoms with Crippen LogP contribution in [-0.4, -0.2) is 203 Å². The van der Waals surface area contributed by atoms with Crippen LogP contribution in [0.4, 0.5) is 0 Å². The first-order chi connectivity index (χ1) is 30.7. The van der Waals surface area contributed by atoms with Crippen LogP contribution in [0.15, 0.2) is 0 Å². The number of aliphatic hydroxyl groups excluding tert-OH is 11. The van der Waals surface area contributed by atoms with Crippen molar-refractivity contribution >= 4 is 0 Å². The summed E-state index contributed by atoms with van der Waals surface area (Å²) < 4.78 is 44.3. The van der Waals surface area contributed by atoms with Gasteiger partial charge in [0.15, 0.2) is 18.9 Å². The molecule has 0 amide bonds. The molecule has 2 spiro atoms. The number of rotatable bonds is 10. The fraction of sp³-hybridized carbons (Fsp3) is 1.00. The van der Waals surface area contributed by atoms with Gasteiger partial charge in [-0.05, 0) is 117 Å². The van der Waals surface area contributed by atoms with Crippen molar-refractivity contribution in [3.8, 4) is 0 Å². The zero-order chi connectivity index (χ0) is 48.1. The minimum Gasteiger partial charge on any atom is -0.394 e. The van der Waals surface area contributed by atoms with Crippen molar-refractivity contribution in [1.82, 2.24) is 0 Å². The lowest BCUT2D eigenvalue weighted by Gasteiger charge is -2.65. The first-order valence-corrected chi connectivity index (χ1v) is 24.4. The molecule has 4 saturated heterocycles. The van der Waals surface area contributed by atoms with Gasteiger partial charge in [0, 0.05) is 5.92 Å². The van der Waals surface area contributed by atoms with Gasteiger partial charge in [0.05, 0.1) is 55.4 Å². The quantitative estimate of drug-likeness (QED) is 0.112. The topological polar surface area (TPSA) is 307 Å². The van der Waals surface area contributed by atoms with Crippen LogP contribution < -0.4 is 0 Å². The SMILES string of the molecule is CC(C)(O)[C@@H]1CC[C@](C)(C2[C@@H](O)C[C@@]3(C)C4C[C@H](O[C@@H]5O[C@H](CO)[C@@H](O)[C@H](O)[C@H]5O)C5C(C)(C)[C@@H](O[C@@H]6OC[C@@H](O)[C@H](O)[C@H]6O[C@@H]6O[C@H](CO)[C@@H](O)[C@H](O)[C@H]6O)CCC56CC46CC[C@]23C)O1. The number of hydrogen-bond acceptors (Lipinski definition) is 19. The molecule has 5 saturated carbocycles. The van der Waals surface area contributed by atoms with Crippen LogP contribution in [0.25, 0.3) is 0 Å². The molecule has 0 radical (unpaired) electrons. The van der Waals surface area contributed by atoms with E-state index in [-0.39, 0.29) is 46.7 Å². The summed E-state index contributed by atoms with van der Waals surface area (Å²) in [5.41, 5.74) is -3.78. The summed E-state index contributed by atoms with van der Waals surface area (Å²) in [6.45, 7) is 12.7. The van der Waals surface area contributed by atoms with E-state index in [1.54, 1.807) is 13.8 Å². The van der Waals surface area contributed by atoms with Gasteiger partial charge in [-0.15, -0.1) is 0 Å². The van der Waals surface area contributed by atoms with E-state index in [2.05, 4.69) is 34.6 Å². The summed E-state index contributed by atoms with van der Waals surface area (Å²) in [6, 6.07) is 0. The van der Waals surface area contributed by atoms with E-state index in [1.807, 2.05) is 0 Å².